The number of unbranched alkanes of at least 4 members (excludes halogenated alkanes) is 5. The number of hydrogen-bond acceptors (Lipinski definition) is 11. The molecule has 0 saturated heterocycles. The van der Waals surface area contributed by atoms with Crippen molar-refractivity contribution in [2.24, 2.45) is 17.2 Å². The molecule has 0 radical (unpaired) electrons. The van der Waals surface area contributed by atoms with E-state index in [9.17, 15) is 24.0 Å². The smallest absolute Gasteiger partial charge is 0.253 e. The van der Waals surface area contributed by atoms with Crippen molar-refractivity contribution in [1.29, 1.82) is 5.26 Å². The van der Waals surface area contributed by atoms with Crippen molar-refractivity contribution in [2.75, 3.05) is 46.4 Å². The molecule has 1 heterocycles. The molecule has 4 atom stereocenters. The molecule has 0 spiro atoms. The van der Waals surface area contributed by atoms with Gasteiger partial charge in [-0.15, -0.1) is 0 Å². The lowest BCUT2D eigenvalue weighted by atomic mass is 9.93. The zero-order valence-corrected chi connectivity index (χ0v) is 37.2. The number of nitrogens with one attached hydrogen (secondary N) is 4. The summed E-state index contributed by atoms with van der Waals surface area (Å²) >= 11 is 6.64. The number of nitrogens with zero attached hydrogens (tertiary/aromatic N) is 2. The van der Waals surface area contributed by atoms with Gasteiger partial charge < -0.3 is 52.8 Å². The van der Waals surface area contributed by atoms with Crippen LogP contribution in [0.2, 0.25) is 5.02 Å². The third-order valence-electron chi connectivity index (χ3n) is 10.7. The second-order valence-corrected chi connectivity index (χ2v) is 15.9. The van der Waals surface area contributed by atoms with Gasteiger partial charge in [-0.2, -0.15) is 5.26 Å². The minimum atomic E-state index is -1.38. The summed E-state index contributed by atoms with van der Waals surface area (Å²) in [5.74, 6) is -2.50. The summed E-state index contributed by atoms with van der Waals surface area (Å²) in [7, 11) is 1.42. The second-order valence-electron chi connectivity index (χ2n) is 15.5. The summed E-state index contributed by atoms with van der Waals surface area (Å²) in [6, 6.07) is 12.4. The number of fused-ring (bicyclic) bond motifs is 5. The highest BCUT2D eigenvalue weighted by molar-refractivity contribution is 6.34. The summed E-state index contributed by atoms with van der Waals surface area (Å²) in [5, 5.41) is 20.1. The van der Waals surface area contributed by atoms with E-state index in [2.05, 4.69) is 28.2 Å². The minimum Gasteiger partial charge on any atom is -0.492 e. The Morgan fingerprint density at radius 1 is 0.889 bits per heavy atom. The zero-order chi connectivity index (χ0) is 45.9. The topological polar surface area (TPSA) is 257 Å². The number of benzene rings is 3. The number of nitriles is 1. The first-order chi connectivity index (χ1) is 30.4. The van der Waals surface area contributed by atoms with Crippen molar-refractivity contribution in [3.63, 3.8) is 0 Å². The van der Waals surface area contributed by atoms with Gasteiger partial charge in [0.15, 0.2) is 0 Å². The molecule has 3 aromatic rings. The number of carbonyl (C=O) groups is 5. The molecule has 4 bridgehead atoms. The second kappa shape index (κ2) is 25.4. The van der Waals surface area contributed by atoms with Crippen LogP contribution in [-0.4, -0.2) is 99.0 Å². The van der Waals surface area contributed by atoms with E-state index in [0.717, 1.165) is 24.8 Å². The Labute approximate surface area is 374 Å². The molecule has 10 N–H and O–H groups in total. The van der Waals surface area contributed by atoms with E-state index in [1.807, 2.05) is 12.1 Å². The number of rotatable bonds is 21. The molecule has 0 aliphatic carbocycles. The number of aryl methyl sites for hydroxylation is 1. The van der Waals surface area contributed by atoms with Gasteiger partial charge in [-0.05, 0) is 85.8 Å². The number of likely N-dealkylation sites (N-methyl/N-ethyl adjacent to an activating group) is 1. The third kappa shape index (κ3) is 14.1. The number of amides is 5. The Kier molecular flexibility index (Phi) is 20.1. The highest BCUT2D eigenvalue weighted by Gasteiger charge is 2.36. The van der Waals surface area contributed by atoms with Crippen molar-refractivity contribution >= 4 is 41.1 Å². The van der Waals surface area contributed by atoms with Gasteiger partial charge >= 0.3 is 0 Å². The lowest BCUT2D eigenvalue weighted by Crippen LogP contribution is -2.56. The number of carbonyl (C=O) groups excluding carboxylic acids is 5. The van der Waals surface area contributed by atoms with Gasteiger partial charge in [-0.25, -0.2) is 0 Å². The van der Waals surface area contributed by atoms with Crippen molar-refractivity contribution in [3.05, 3.63) is 81.9 Å². The van der Waals surface area contributed by atoms with E-state index in [4.69, 9.17) is 43.5 Å². The van der Waals surface area contributed by atoms with Crippen LogP contribution >= 0.6 is 11.6 Å². The fourth-order valence-corrected chi connectivity index (χ4v) is 7.66. The summed E-state index contributed by atoms with van der Waals surface area (Å²) < 4.78 is 12.2. The van der Waals surface area contributed by atoms with Crippen molar-refractivity contribution in [3.8, 4) is 28.7 Å². The first-order valence-corrected chi connectivity index (χ1v) is 22.0. The number of ether oxygens (including phenoxy) is 2. The monoisotopic (exact) mass is 887 g/mol. The van der Waals surface area contributed by atoms with Gasteiger partial charge in [0.1, 0.15) is 55.4 Å². The largest absolute Gasteiger partial charge is 0.492 e. The summed E-state index contributed by atoms with van der Waals surface area (Å²) in [6.07, 6.45) is 7.75. The molecule has 0 aromatic heterocycles. The number of hydrogen-bond donors (Lipinski definition) is 7. The van der Waals surface area contributed by atoms with Crippen LogP contribution in [-0.2, 0) is 32.0 Å². The van der Waals surface area contributed by atoms with Gasteiger partial charge in [-0.1, -0.05) is 68.8 Å². The van der Waals surface area contributed by atoms with E-state index >= 15 is 0 Å². The highest BCUT2D eigenvalue weighted by atomic mass is 35.5. The molecule has 0 unspecified atom stereocenters. The Balaban J connectivity index is 1.76. The van der Waals surface area contributed by atoms with E-state index in [1.165, 1.54) is 44.6 Å². The first-order valence-electron chi connectivity index (χ1n) is 21.6. The maximum Gasteiger partial charge on any atom is 0.253 e. The Hall–Kier alpha value is -5.73. The van der Waals surface area contributed by atoms with E-state index in [0.29, 0.717) is 33.8 Å². The van der Waals surface area contributed by atoms with Gasteiger partial charge in [-0.3, -0.25) is 24.0 Å². The molecule has 340 valence electrons. The fraction of sp³-hybridized carbons (Fsp3) is 0.478. The Morgan fingerprint density at radius 3 is 2.21 bits per heavy atom. The van der Waals surface area contributed by atoms with Crippen LogP contribution in [0.1, 0.15) is 91.9 Å². The first kappa shape index (κ1) is 49.9. The molecule has 16 nitrogen and oxygen atoms in total. The maximum atomic E-state index is 14.6. The fourth-order valence-electron chi connectivity index (χ4n) is 7.37. The lowest BCUT2D eigenvalue weighted by molar-refractivity contribution is -0.141. The Morgan fingerprint density at radius 2 is 1.56 bits per heavy atom. The molecule has 63 heavy (non-hydrogen) atoms. The number of nitrogens with two attached hydrogens (primary N) is 3. The minimum absolute atomic E-state index is 0.00911. The predicted octanol–water partition coefficient (Wildman–Crippen LogP) is 3.42. The molecular weight excluding hydrogens is 826 g/mol. The molecular formula is C46H62ClN9O7. The van der Waals surface area contributed by atoms with Gasteiger partial charge in [0.25, 0.3) is 5.91 Å². The van der Waals surface area contributed by atoms with Gasteiger partial charge in [0.2, 0.25) is 23.6 Å². The molecule has 0 fully saturated rings. The molecule has 1 aliphatic rings. The Bertz CT molecular complexity index is 2090. The van der Waals surface area contributed by atoms with Crippen LogP contribution in [0.5, 0.6) is 11.5 Å². The molecule has 17 heteroatoms. The summed E-state index contributed by atoms with van der Waals surface area (Å²) in [5.41, 5.74) is 20.7. The van der Waals surface area contributed by atoms with Crippen LogP contribution in [0.3, 0.4) is 0 Å². The van der Waals surface area contributed by atoms with E-state index in [1.54, 1.807) is 48.5 Å². The van der Waals surface area contributed by atoms with Crippen LogP contribution in [0, 0.1) is 11.3 Å². The SMILES string of the molecule is CCCCCCCCc1ccc(C(=O)N[C@@H](CCN)C(=O)N(C)[C@@H]2C(=O)N[C@@H](C)C(=O)N[C@H](C(=O)NCC#N)Cc3ccc(OCCN)c(c3)-c3cc2ccc3OCCN)c(Cl)c1. The van der Waals surface area contributed by atoms with Crippen LogP contribution in [0.25, 0.3) is 11.1 Å². The lowest BCUT2D eigenvalue weighted by Gasteiger charge is -2.32. The average Bonchev–Trinajstić information content (AvgIpc) is 3.27. The molecule has 1 aliphatic heterocycles. The van der Waals surface area contributed by atoms with Crippen LogP contribution in [0.4, 0.5) is 0 Å². The standard InChI is InChI=1S/C46H62ClN9O7/c1-4-5-6-7-8-9-10-30-11-14-33(36(47)26-30)43(58)54-37(17-18-48)46(61)56(3)41-32-13-16-40(63-24-21-51)35(28-32)34-25-31(12-15-39(34)62-23-20-50)27-38(44(59)52-22-19-49)55-42(57)29(2)53-45(41)60/h11-16,25-26,28-29,37-38,41H,4-10,17-18,20-24,27,48,50-51H2,1-3H3,(H,52,59)(H,53,60)(H,54,58)(H,55,57)/t29-,37-,38-,41-/m0/s1. The molecule has 3 aromatic carbocycles. The average molecular weight is 889 g/mol. The normalized spacial score (nSPS) is 16.6. The molecule has 4 rings (SSSR count). The third-order valence-corrected chi connectivity index (χ3v) is 11.0. The van der Waals surface area contributed by atoms with Crippen LogP contribution < -0.4 is 47.9 Å². The van der Waals surface area contributed by atoms with Gasteiger partial charge in [0.05, 0.1) is 16.7 Å². The highest BCUT2D eigenvalue weighted by Crippen LogP contribution is 2.40. The van der Waals surface area contributed by atoms with E-state index in [-0.39, 0.29) is 62.8 Å². The van der Waals surface area contributed by atoms with Crippen LogP contribution in [0.15, 0.2) is 54.6 Å². The predicted molar refractivity (Wildman–Crippen MR) is 242 cm³/mol. The van der Waals surface area contributed by atoms with Crippen molar-refractivity contribution in [2.45, 2.75) is 95.8 Å². The summed E-state index contributed by atoms with van der Waals surface area (Å²) in [4.78, 5) is 71.0. The maximum absolute atomic E-state index is 14.6. The van der Waals surface area contributed by atoms with E-state index < -0.39 is 53.7 Å². The van der Waals surface area contributed by atoms with Gasteiger partial charge in [0, 0.05) is 37.7 Å². The zero-order valence-electron chi connectivity index (χ0n) is 36.5. The summed E-state index contributed by atoms with van der Waals surface area (Å²) in [6.45, 7) is 4.05. The quantitative estimate of drug-likeness (QED) is 0.0603. The van der Waals surface area contributed by atoms with Crippen molar-refractivity contribution < 1.29 is 33.4 Å². The molecule has 0 saturated carbocycles. The molecule has 5 amide bonds. The van der Waals surface area contributed by atoms with Crippen molar-refractivity contribution in [1.82, 2.24) is 26.2 Å². The number of halogens is 1.